The molecule has 0 amide bonds. The first-order valence-corrected chi connectivity index (χ1v) is 3.88. The fourth-order valence-electron chi connectivity index (χ4n) is 1.13. The summed E-state index contributed by atoms with van der Waals surface area (Å²) in [6.07, 6.45) is 1.79. The molecule has 0 radical (unpaired) electrons. The zero-order valence-electron chi connectivity index (χ0n) is 7.62. The van der Waals surface area contributed by atoms with E-state index in [9.17, 15) is 4.79 Å². The van der Waals surface area contributed by atoms with Crippen LogP contribution in [-0.4, -0.2) is 11.1 Å². The first-order chi connectivity index (χ1) is 5.65. The second-order valence-electron chi connectivity index (χ2n) is 2.65. The quantitative estimate of drug-likeness (QED) is 0.613. The minimum atomic E-state index is -0.874. The van der Waals surface area contributed by atoms with Crippen molar-refractivity contribution in [2.45, 2.75) is 20.4 Å². The van der Waals surface area contributed by atoms with E-state index in [-0.39, 0.29) is 17.0 Å². The number of hydrogen-bond acceptors (Lipinski definition) is 1. The number of rotatable bonds is 2. The van der Waals surface area contributed by atoms with Crippen molar-refractivity contribution in [1.82, 2.24) is 0 Å². The van der Waals surface area contributed by atoms with Crippen LogP contribution in [0, 0.1) is 6.92 Å². The summed E-state index contributed by atoms with van der Waals surface area (Å²) >= 11 is 0. The molecular formula is C9H12BrNO2. The number of carbonyl (C=O) groups is 1. The molecule has 4 heteroatoms. The molecule has 1 heterocycles. The Labute approximate surface area is 87.8 Å². The average Bonchev–Trinajstić information content (AvgIpc) is 2.04. The van der Waals surface area contributed by atoms with E-state index in [1.807, 2.05) is 18.4 Å². The summed E-state index contributed by atoms with van der Waals surface area (Å²) in [4.78, 5) is 10.5. The van der Waals surface area contributed by atoms with Crippen LogP contribution in [0.4, 0.5) is 0 Å². The Morgan fingerprint density at radius 2 is 2.23 bits per heavy atom. The molecule has 0 aliphatic carbocycles. The molecule has 3 nitrogen and oxygen atoms in total. The number of carboxylic acid groups (broad SMARTS) is 1. The van der Waals surface area contributed by atoms with Crippen molar-refractivity contribution in [3.05, 3.63) is 29.6 Å². The summed E-state index contributed by atoms with van der Waals surface area (Å²) in [6.45, 7) is 4.79. The van der Waals surface area contributed by atoms with Crippen molar-refractivity contribution < 1.29 is 31.4 Å². The first kappa shape index (κ1) is 12.1. The predicted molar refractivity (Wildman–Crippen MR) is 44.0 cm³/mol. The summed E-state index contributed by atoms with van der Waals surface area (Å²) < 4.78 is 1.99. The van der Waals surface area contributed by atoms with E-state index in [2.05, 4.69) is 0 Å². The summed E-state index contributed by atoms with van der Waals surface area (Å²) in [6, 6.07) is 3.28. The predicted octanol–water partition coefficient (Wildman–Crippen LogP) is -2.00. The van der Waals surface area contributed by atoms with Crippen LogP contribution in [0.2, 0.25) is 0 Å². The fraction of sp³-hybridized carbons (Fsp3) is 0.333. The summed E-state index contributed by atoms with van der Waals surface area (Å²) in [7, 11) is 0. The van der Waals surface area contributed by atoms with Gasteiger partial charge in [-0.25, -0.2) is 9.36 Å². The Morgan fingerprint density at radius 1 is 1.62 bits per heavy atom. The summed E-state index contributed by atoms with van der Waals surface area (Å²) in [5.41, 5.74) is 1.31. The highest BCUT2D eigenvalue weighted by Crippen LogP contribution is 1.98. The number of aryl methyl sites for hydroxylation is 2. The lowest BCUT2D eigenvalue weighted by Gasteiger charge is -1.97. The molecule has 0 bridgehead atoms. The number of aromatic carboxylic acids is 1. The van der Waals surface area contributed by atoms with E-state index in [0.717, 1.165) is 12.2 Å². The maximum atomic E-state index is 10.5. The highest BCUT2D eigenvalue weighted by atomic mass is 79.9. The van der Waals surface area contributed by atoms with Crippen LogP contribution >= 0.6 is 0 Å². The second kappa shape index (κ2) is 4.97. The van der Waals surface area contributed by atoms with Gasteiger partial charge in [0.2, 0.25) is 0 Å². The van der Waals surface area contributed by atoms with Gasteiger partial charge in [0.25, 0.3) is 0 Å². The van der Waals surface area contributed by atoms with Gasteiger partial charge in [0, 0.05) is 19.1 Å². The van der Waals surface area contributed by atoms with Crippen molar-refractivity contribution in [3.63, 3.8) is 0 Å². The molecule has 0 spiro atoms. The van der Waals surface area contributed by atoms with Gasteiger partial charge in [-0.05, 0) is 6.92 Å². The molecule has 13 heavy (non-hydrogen) atoms. The molecule has 0 aliphatic heterocycles. The normalized spacial score (nSPS) is 9.08. The lowest BCUT2D eigenvalue weighted by atomic mass is 10.2. The van der Waals surface area contributed by atoms with E-state index in [0.29, 0.717) is 5.56 Å². The number of carboxylic acids is 1. The SMILES string of the molecule is CC[n+]1ccc(C(=O)O)cc1C.[Br-]. The van der Waals surface area contributed by atoms with E-state index >= 15 is 0 Å². The smallest absolute Gasteiger partial charge is 0.336 e. The molecule has 1 rings (SSSR count). The molecule has 0 atom stereocenters. The Morgan fingerprint density at radius 3 is 2.62 bits per heavy atom. The minimum absolute atomic E-state index is 0. The number of pyridine rings is 1. The third-order valence-electron chi connectivity index (χ3n) is 1.84. The molecule has 72 valence electrons. The van der Waals surface area contributed by atoms with Crippen LogP contribution in [0.25, 0.3) is 0 Å². The fourth-order valence-corrected chi connectivity index (χ4v) is 1.13. The number of halogens is 1. The van der Waals surface area contributed by atoms with Crippen LogP contribution < -0.4 is 21.5 Å². The van der Waals surface area contributed by atoms with Gasteiger partial charge < -0.3 is 22.1 Å². The Balaban J connectivity index is 0.00000144. The van der Waals surface area contributed by atoms with Crippen molar-refractivity contribution in [2.75, 3.05) is 0 Å². The molecule has 0 saturated heterocycles. The molecule has 0 aliphatic rings. The van der Waals surface area contributed by atoms with Crippen molar-refractivity contribution in [3.8, 4) is 0 Å². The zero-order valence-corrected chi connectivity index (χ0v) is 9.21. The van der Waals surface area contributed by atoms with Crippen LogP contribution in [0.15, 0.2) is 18.3 Å². The number of hydrogen-bond donors (Lipinski definition) is 1. The maximum absolute atomic E-state index is 10.5. The molecular weight excluding hydrogens is 234 g/mol. The molecule has 1 aromatic rings. The molecule has 0 aromatic carbocycles. The van der Waals surface area contributed by atoms with Gasteiger partial charge in [-0.2, -0.15) is 0 Å². The molecule has 0 saturated carbocycles. The van der Waals surface area contributed by atoms with E-state index in [4.69, 9.17) is 5.11 Å². The lowest BCUT2D eigenvalue weighted by Crippen LogP contribution is -3.00. The van der Waals surface area contributed by atoms with Crippen molar-refractivity contribution >= 4 is 5.97 Å². The number of aromatic nitrogens is 1. The Kier molecular flexibility index (Phi) is 4.62. The van der Waals surface area contributed by atoms with Crippen LogP contribution in [0.1, 0.15) is 23.0 Å². The first-order valence-electron chi connectivity index (χ1n) is 3.88. The van der Waals surface area contributed by atoms with E-state index < -0.39 is 5.97 Å². The zero-order chi connectivity index (χ0) is 9.14. The third kappa shape index (κ3) is 2.81. The Bertz CT molecular complexity index is 312. The van der Waals surface area contributed by atoms with Gasteiger partial charge >= 0.3 is 5.97 Å². The maximum Gasteiger partial charge on any atom is 0.336 e. The van der Waals surface area contributed by atoms with Crippen LogP contribution in [-0.2, 0) is 6.54 Å². The van der Waals surface area contributed by atoms with Gasteiger partial charge in [-0.1, -0.05) is 0 Å². The van der Waals surface area contributed by atoms with Gasteiger partial charge in [-0.15, -0.1) is 0 Å². The largest absolute Gasteiger partial charge is 1.00 e. The molecule has 0 fully saturated rings. The van der Waals surface area contributed by atoms with E-state index in [1.165, 1.54) is 0 Å². The van der Waals surface area contributed by atoms with Crippen LogP contribution in [0.3, 0.4) is 0 Å². The van der Waals surface area contributed by atoms with E-state index in [1.54, 1.807) is 18.3 Å². The molecule has 1 aromatic heterocycles. The Hall–Kier alpha value is -0.900. The van der Waals surface area contributed by atoms with Crippen molar-refractivity contribution in [1.29, 1.82) is 0 Å². The number of nitrogens with zero attached hydrogens (tertiary/aromatic N) is 1. The van der Waals surface area contributed by atoms with Gasteiger partial charge in [-0.3, -0.25) is 0 Å². The topological polar surface area (TPSA) is 41.2 Å². The standard InChI is InChI=1S/C9H11NO2.BrH/c1-3-10-5-4-8(9(11)12)6-7(10)2;/h4-6H,3H2,1-2H3;1H. The van der Waals surface area contributed by atoms with Crippen molar-refractivity contribution in [2.24, 2.45) is 0 Å². The molecule has 0 unspecified atom stereocenters. The third-order valence-corrected chi connectivity index (χ3v) is 1.84. The summed E-state index contributed by atoms with van der Waals surface area (Å²) in [5, 5.41) is 8.66. The second-order valence-corrected chi connectivity index (χ2v) is 2.65. The van der Waals surface area contributed by atoms with Gasteiger partial charge in [0.1, 0.15) is 6.54 Å². The van der Waals surface area contributed by atoms with Gasteiger partial charge in [0.15, 0.2) is 11.9 Å². The average molecular weight is 246 g/mol. The minimum Gasteiger partial charge on any atom is -1.00 e. The van der Waals surface area contributed by atoms with Crippen LogP contribution in [0.5, 0.6) is 0 Å². The lowest BCUT2D eigenvalue weighted by molar-refractivity contribution is -0.699. The van der Waals surface area contributed by atoms with Gasteiger partial charge in [0.05, 0.1) is 5.56 Å². The monoisotopic (exact) mass is 245 g/mol. The highest BCUT2D eigenvalue weighted by Gasteiger charge is 2.08. The highest BCUT2D eigenvalue weighted by molar-refractivity contribution is 5.87. The molecule has 1 N–H and O–H groups in total. The summed E-state index contributed by atoms with van der Waals surface area (Å²) in [5.74, 6) is -0.874.